The van der Waals surface area contributed by atoms with E-state index in [2.05, 4.69) is 33.2 Å². The molecule has 0 saturated heterocycles. The van der Waals surface area contributed by atoms with Crippen molar-refractivity contribution >= 4 is 0 Å². The maximum Gasteiger partial charge on any atom is 0.0922 e. The summed E-state index contributed by atoms with van der Waals surface area (Å²) in [4.78, 5) is 9.86. The lowest BCUT2D eigenvalue weighted by Crippen LogP contribution is -2.32. The fourth-order valence-electron chi connectivity index (χ4n) is 2.79. The third-order valence-corrected chi connectivity index (χ3v) is 3.66. The molecule has 3 heterocycles. The summed E-state index contributed by atoms with van der Waals surface area (Å²) >= 11 is 0. The molecule has 4 heteroatoms. The van der Waals surface area contributed by atoms with Gasteiger partial charge in [-0.25, -0.2) is 0 Å². The largest absolute Gasteiger partial charge is 0.396 e. The summed E-state index contributed by atoms with van der Waals surface area (Å²) < 4.78 is 0. The van der Waals surface area contributed by atoms with Crippen LogP contribution in [0.4, 0.5) is 0 Å². The van der Waals surface area contributed by atoms with Gasteiger partial charge in [-0.3, -0.25) is 0 Å². The molecule has 0 spiro atoms. The quantitative estimate of drug-likeness (QED) is 0.555. The number of rotatable bonds is 5. The molecule has 0 aliphatic carbocycles. The summed E-state index contributed by atoms with van der Waals surface area (Å²) in [5.74, 6) is 0. The lowest BCUT2D eigenvalue weighted by molar-refractivity contribution is 0.261. The van der Waals surface area contributed by atoms with Crippen molar-refractivity contribution in [3.8, 4) is 0 Å². The van der Waals surface area contributed by atoms with Gasteiger partial charge < -0.3 is 20.1 Å². The molecule has 0 aliphatic rings. The molecule has 98 valence electrons. The second kappa shape index (κ2) is 4.82. The fourth-order valence-corrected chi connectivity index (χ4v) is 2.79. The van der Waals surface area contributed by atoms with Crippen molar-refractivity contribution in [2.24, 2.45) is 0 Å². The molecule has 0 aliphatic heterocycles. The summed E-state index contributed by atoms with van der Waals surface area (Å²) in [6, 6.07) is 12.1. The number of H-pyrrole nitrogens is 3. The Kier molecular flexibility index (Phi) is 3.01. The highest BCUT2D eigenvalue weighted by molar-refractivity contribution is 5.43. The first-order valence-electron chi connectivity index (χ1n) is 6.40. The average molecular weight is 255 g/mol. The molecule has 0 aromatic carbocycles. The third-order valence-electron chi connectivity index (χ3n) is 3.66. The molecule has 19 heavy (non-hydrogen) atoms. The zero-order chi connectivity index (χ0) is 13.1. The van der Waals surface area contributed by atoms with E-state index in [0.29, 0.717) is 6.42 Å². The molecule has 0 atom stereocenters. The Morgan fingerprint density at radius 2 is 1.21 bits per heavy atom. The smallest absolute Gasteiger partial charge is 0.0922 e. The van der Waals surface area contributed by atoms with Gasteiger partial charge in [-0.2, -0.15) is 0 Å². The molecule has 0 fully saturated rings. The minimum absolute atomic E-state index is 0.108. The maximum absolute atomic E-state index is 9.56. The predicted octanol–water partition coefficient (Wildman–Crippen LogP) is 2.39. The molecule has 4 N–H and O–H groups in total. The van der Waals surface area contributed by atoms with Crippen molar-refractivity contribution in [3.63, 3.8) is 0 Å². The van der Waals surface area contributed by atoms with E-state index >= 15 is 0 Å². The Bertz CT molecular complexity index is 510. The van der Waals surface area contributed by atoms with E-state index in [0.717, 1.165) is 17.1 Å². The molecule has 0 unspecified atom stereocenters. The number of aliphatic hydroxyl groups excluding tert-OH is 1. The van der Waals surface area contributed by atoms with Crippen molar-refractivity contribution in [3.05, 3.63) is 72.1 Å². The van der Waals surface area contributed by atoms with Crippen LogP contribution in [0.3, 0.4) is 0 Å². The van der Waals surface area contributed by atoms with E-state index in [-0.39, 0.29) is 6.61 Å². The SMILES string of the molecule is OCCC(c1ccc[nH]1)(c1ccc[nH]1)c1ccc[nH]1. The first kappa shape index (κ1) is 11.9. The maximum atomic E-state index is 9.56. The van der Waals surface area contributed by atoms with Gasteiger partial charge in [0.25, 0.3) is 0 Å². The number of nitrogens with one attached hydrogen (secondary N) is 3. The van der Waals surface area contributed by atoms with Gasteiger partial charge >= 0.3 is 0 Å². The standard InChI is InChI=1S/C15H17N3O/c19-11-7-15(12-4-1-8-16-12,13-5-2-9-17-13)14-6-3-10-18-14/h1-6,8-10,16-19H,7,11H2. The second-order valence-corrected chi connectivity index (χ2v) is 4.63. The van der Waals surface area contributed by atoms with Gasteiger partial charge in [0.15, 0.2) is 0 Å². The number of aromatic amines is 3. The summed E-state index contributed by atoms with van der Waals surface area (Å²) in [5, 5.41) is 9.56. The van der Waals surface area contributed by atoms with Crippen LogP contribution in [0.25, 0.3) is 0 Å². The molecular formula is C15H17N3O. The van der Waals surface area contributed by atoms with Crippen molar-refractivity contribution in [1.82, 2.24) is 15.0 Å². The van der Waals surface area contributed by atoms with Crippen LogP contribution in [0.2, 0.25) is 0 Å². The predicted molar refractivity (Wildman–Crippen MR) is 74.0 cm³/mol. The Hall–Kier alpha value is -2.20. The van der Waals surface area contributed by atoms with Crippen LogP contribution in [0.15, 0.2) is 55.0 Å². The zero-order valence-electron chi connectivity index (χ0n) is 10.6. The van der Waals surface area contributed by atoms with E-state index in [4.69, 9.17) is 0 Å². The van der Waals surface area contributed by atoms with Crippen molar-refractivity contribution in [2.75, 3.05) is 6.61 Å². The monoisotopic (exact) mass is 255 g/mol. The van der Waals surface area contributed by atoms with Crippen LogP contribution in [-0.2, 0) is 5.41 Å². The molecule has 4 nitrogen and oxygen atoms in total. The first-order valence-corrected chi connectivity index (χ1v) is 6.40. The number of aliphatic hydroxyl groups is 1. The van der Waals surface area contributed by atoms with Crippen molar-refractivity contribution < 1.29 is 5.11 Å². The second-order valence-electron chi connectivity index (χ2n) is 4.63. The number of hydrogen-bond acceptors (Lipinski definition) is 1. The topological polar surface area (TPSA) is 67.6 Å². The van der Waals surface area contributed by atoms with Crippen molar-refractivity contribution in [1.29, 1.82) is 0 Å². The van der Waals surface area contributed by atoms with Gasteiger partial charge in [0.05, 0.1) is 5.41 Å². The minimum atomic E-state index is -0.398. The van der Waals surface area contributed by atoms with E-state index < -0.39 is 5.41 Å². The summed E-state index contributed by atoms with van der Waals surface area (Å²) in [6.45, 7) is 0.108. The Morgan fingerprint density at radius 1 is 0.789 bits per heavy atom. The van der Waals surface area contributed by atoms with Crippen LogP contribution in [0, 0.1) is 0 Å². The van der Waals surface area contributed by atoms with E-state index in [1.807, 2.05) is 36.8 Å². The van der Waals surface area contributed by atoms with Crippen LogP contribution in [0.5, 0.6) is 0 Å². The average Bonchev–Trinajstić information content (AvgIpc) is 3.18. The van der Waals surface area contributed by atoms with Gasteiger partial charge in [0.1, 0.15) is 0 Å². The Balaban J connectivity index is 2.24. The molecule has 3 aromatic heterocycles. The Labute approximate surface area is 111 Å². The first-order chi connectivity index (χ1) is 9.38. The molecular weight excluding hydrogens is 238 g/mol. The molecule has 3 rings (SSSR count). The third kappa shape index (κ3) is 1.81. The highest BCUT2D eigenvalue weighted by Gasteiger charge is 2.38. The lowest BCUT2D eigenvalue weighted by atomic mass is 9.75. The van der Waals surface area contributed by atoms with Gasteiger partial charge in [-0.05, 0) is 42.8 Å². The van der Waals surface area contributed by atoms with E-state index in [1.165, 1.54) is 0 Å². The van der Waals surface area contributed by atoms with Gasteiger partial charge in [0.2, 0.25) is 0 Å². The van der Waals surface area contributed by atoms with Crippen LogP contribution >= 0.6 is 0 Å². The highest BCUT2D eigenvalue weighted by Crippen LogP contribution is 2.39. The molecule has 0 amide bonds. The van der Waals surface area contributed by atoms with Gasteiger partial charge in [-0.15, -0.1) is 0 Å². The lowest BCUT2D eigenvalue weighted by Gasteiger charge is -2.31. The zero-order valence-corrected chi connectivity index (χ0v) is 10.6. The van der Waals surface area contributed by atoms with E-state index in [9.17, 15) is 5.11 Å². The van der Waals surface area contributed by atoms with E-state index in [1.54, 1.807) is 0 Å². The molecule has 3 aromatic rings. The fraction of sp³-hybridized carbons (Fsp3) is 0.200. The van der Waals surface area contributed by atoms with Crippen LogP contribution < -0.4 is 0 Å². The number of hydrogen-bond donors (Lipinski definition) is 4. The Morgan fingerprint density at radius 3 is 1.47 bits per heavy atom. The van der Waals surface area contributed by atoms with Crippen LogP contribution in [-0.4, -0.2) is 26.7 Å². The molecule has 0 bridgehead atoms. The summed E-state index contributed by atoms with van der Waals surface area (Å²) in [7, 11) is 0. The van der Waals surface area contributed by atoms with Crippen molar-refractivity contribution in [2.45, 2.75) is 11.8 Å². The number of aromatic nitrogens is 3. The normalized spacial score (nSPS) is 11.8. The summed E-state index contributed by atoms with van der Waals surface area (Å²) in [6.07, 6.45) is 6.34. The highest BCUT2D eigenvalue weighted by atomic mass is 16.3. The van der Waals surface area contributed by atoms with Gasteiger partial charge in [0, 0.05) is 42.3 Å². The van der Waals surface area contributed by atoms with Crippen LogP contribution in [0.1, 0.15) is 23.5 Å². The van der Waals surface area contributed by atoms with Gasteiger partial charge in [-0.1, -0.05) is 0 Å². The minimum Gasteiger partial charge on any atom is -0.396 e. The summed E-state index contributed by atoms with van der Waals surface area (Å²) in [5.41, 5.74) is 2.79. The molecule has 0 saturated carbocycles. The molecule has 0 radical (unpaired) electrons.